The van der Waals surface area contributed by atoms with Gasteiger partial charge in [0.05, 0.1) is 10.9 Å². The van der Waals surface area contributed by atoms with Gasteiger partial charge in [0, 0.05) is 17.3 Å². The molecule has 1 aliphatic heterocycles. The van der Waals surface area contributed by atoms with E-state index in [2.05, 4.69) is 31.2 Å². The van der Waals surface area contributed by atoms with E-state index in [1.165, 1.54) is 0 Å². The number of hydrogen-bond donors (Lipinski definition) is 2. The second kappa shape index (κ2) is 4.68. The van der Waals surface area contributed by atoms with Crippen LogP contribution in [0.3, 0.4) is 0 Å². The fourth-order valence-electron chi connectivity index (χ4n) is 2.38. The Morgan fingerprint density at radius 1 is 1.32 bits per heavy atom. The molecule has 1 aliphatic rings. The maximum Gasteiger partial charge on any atom is 0.258 e. The third-order valence-electron chi connectivity index (χ3n) is 3.49. The van der Waals surface area contributed by atoms with Crippen LogP contribution in [-0.4, -0.2) is 23.1 Å². The van der Waals surface area contributed by atoms with Gasteiger partial charge in [-0.3, -0.25) is 4.79 Å². The van der Waals surface area contributed by atoms with Crippen LogP contribution in [0.5, 0.6) is 0 Å². The molecule has 0 atom stereocenters. The zero-order chi connectivity index (χ0) is 13.5. The second-order valence-electron chi connectivity index (χ2n) is 4.79. The predicted molar refractivity (Wildman–Crippen MR) is 75.0 cm³/mol. The Balaban J connectivity index is 2.15. The molecule has 3 rings (SSSR count). The van der Waals surface area contributed by atoms with E-state index >= 15 is 0 Å². The molecular weight excluding hydrogens is 313 g/mol. The first-order valence-corrected chi connectivity index (χ1v) is 6.97. The average Bonchev–Trinajstić information content (AvgIpc) is 2.40. The average molecular weight is 326 g/mol. The Kier molecular flexibility index (Phi) is 3.14. The Morgan fingerprint density at radius 2 is 2.05 bits per heavy atom. The molecule has 0 saturated carbocycles. The molecule has 2 heterocycles. The number of benzene rings is 1. The number of halogens is 2. The lowest BCUT2D eigenvalue weighted by atomic mass is 9.93. The van der Waals surface area contributed by atoms with Crippen molar-refractivity contribution in [2.24, 2.45) is 0 Å². The lowest BCUT2D eigenvalue weighted by molar-refractivity contribution is 0.104. The number of nitrogens with zero attached hydrogens (tertiary/aromatic N) is 1. The van der Waals surface area contributed by atoms with E-state index in [1.54, 1.807) is 18.2 Å². The molecule has 0 bridgehead atoms. The standard InChI is InChI=1S/C13H13BrFN3O/c14-8-1-2-10-9(7-8)11(19)18-12(17-10)13(15)3-5-16-6-4-13/h1-2,7,16H,3-6H2,(H,17,18,19). The van der Waals surface area contributed by atoms with Crippen molar-refractivity contribution in [1.82, 2.24) is 15.3 Å². The Bertz CT molecular complexity index is 679. The molecule has 100 valence electrons. The number of aromatic amines is 1. The third-order valence-corrected chi connectivity index (χ3v) is 3.98. The van der Waals surface area contributed by atoms with Gasteiger partial charge in [0.15, 0.2) is 5.67 Å². The maximum absolute atomic E-state index is 14.8. The second-order valence-corrected chi connectivity index (χ2v) is 5.71. The van der Waals surface area contributed by atoms with Gasteiger partial charge in [0.2, 0.25) is 0 Å². The minimum atomic E-state index is -1.54. The lowest BCUT2D eigenvalue weighted by Gasteiger charge is -2.28. The monoisotopic (exact) mass is 325 g/mol. The molecule has 1 fully saturated rings. The Morgan fingerprint density at radius 3 is 2.79 bits per heavy atom. The van der Waals surface area contributed by atoms with Gasteiger partial charge in [-0.1, -0.05) is 15.9 Å². The van der Waals surface area contributed by atoms with Gasteiger partial charge in [-0.15, -0.1) is 0 Å². The van der Waals surface area contributed by atoms with Crippen LogP contribution >= 0.6 is 15.9 Å². The molecule has 2 N–H and O–H groups in total. The molecule has 2 aromatic rings. The van der Waals surface area contributed by atoms with E-state index in [0.29, 0.717) is 36.8 Å². The molecule has 1 aromatic carbocycles. The summed E-state index contributed by atoms with van der Waals surface area (Å²) in [5, 5.41) is 3.57. The Hall–Kier alpha value is -1.27. The number of H-pyrrole nitrogens is 1. The topological polar surface area (TPSA) is 57.8 Å². The summed E-state index contributed by atoms with van der Waals surface area (Å²) in [5.74, 6) is 0.147. The van der Waals surface area contributed by atoms with Gasteiger partial charge in [-0.25, -0.2) is 9.37 Å². The van der Waals surface area contributed by atoms with Crippen molar-refractivity contribution in [3.63, 3.8) is 0 Å². The van der Waals surface area contributed by atoms with Gasteiger partial charge in [0.25, 0.3) is 5.56 Å². The molecule has 0 radical (unpaired) electrons. The molecule has 1 aromatic heterocycles. The smallest absolute Gasteiger partial charge is 0.258 e. The number of aromatic nitrogens is 2. The molecule has 6 heteroatoms. The normalized spacial score (nSPS) is 18.6. The largest absolute Gasteiger partial charge is 0.316 e. The fraction of sp³-hybridized carbons (Fsp3) is 0.385. The van der Waals surface area contributed by atoms with Gasteiger partial charge >= 0.3 is 0 Å². The summed E-state index contributed by atoms with van der Waals surface area (Å²) in [6, 6.07) is 5.22. The van der Waals surface area contributed by atoms with Crippen LogP contribution in [0.2, 0.25) is 0 Å². The minimum absolute atomic E-state index is 0.147. The van der Waals surface area contributed by atoms with E-state index in [0.717, 1.165) is 4.47 Å². The summed E-state index contributed by atoms with van der Waals surface area (Å²) in [6.45, 7) is 1.19. The first-order chi connectivity index (χ1) is 9.08. The van der Waals surface area contributed by atoms with E-state index in [9.17, 15) is 9.18 Å². The highest BCUT2D eigenvalue weighted by atomic mass is 79.9. The quantitative estimate of drug-likeness (QED) is 0.845. The summed E-state index contributed by atoms with van der Waals surface area (Å²) in [7, 11) is 0. The lowest BCUT2D eigenvalue weighted by Crippen LogP contribution is -2.38. The number of nitrogens with one attached hydrogen (secondary N) is 2. The molecule has 1 saturated heterocycles. The summed E-state index contributed by atoms with van der Waals surface area (Å²) >= 11 is 3.31. The van der Waals surface area contributed by atoms with Crippen molar-refractivity contribution in [1.29, 1.82) is 0 Å². The first-order valence-electron chi connectivity index (χ1n) is 6.18. The summed E-state index contributed by atoms with van der Waals surface area (Å²) in [5.41, 5.74) is -1.31. The number of piperidine rings is 1. The van der Waals surface area contributed by atoms with E-state index in [-0.39, 0.29) is 11.4 Å². The molecule has 0 unspecified atom stereocenters. The first kappa shape index (κ1) is 12.7. The molecule has 4 nitrogen and oxygen atoms in total. The van der Waals surface area contributed by atoms with Crippen LogP contribution in [0.4, 0.5) is 4.39 Å². The van der Waals surface area contributed by atoms with Crippen LogP contribution in [0.15, 0.2) is 27.5 Å². The molecule has 0 amide bonds. The van der Waals surface area contributed by atoms with Crippen LogP contribution in [0.25, 0.3) is 10.9 Å². The summed E-state index contributed by atoms with van der Waals surface area (Å²) < 4.78 is 15.6. The van der Waals surface area contributed by atoms with Crippen molar-refractivity contribution < 1.29 is 4.39 Å². The highest BCUT2D eigenvalue weighted by molar-refractivity contribution is 9.10. The SMILES string of the molecule is O=c1[nH]c(C2(F)CCNCC2)nc2ccc(Br)cc12. The highest BCUT2D eigenvalue weighted by Crippen LogP contribution is 2.32. The van der Waals surface area contributed by atoms with E-state index < -0.39 is 5.67 Å². The number of rotatable bonds is 1. The Labute approximate surface area is 117 Å². The van der Waals surface area contributed by atoms with Crippen molar-refractivity contribution >= 4 is 26.8 Å². The fourth-order valence-corrected chi connectivity index (χ4v) is 2.74. The van der Waals surface area contributed by atoms with Gasteiger partial charge in [-0.2, -0.15) is 0 Å². The molecular formula is C13H13BrFN3O. The summed E-state index contributed by atoms with van der Waals surface area (Å²) in [6.07, 6.45) is 0.663. The number of hydrogen-bond acceptors (Lipinski definition) is 3. The molecule has 0 aliphatic carbocycles. The van der Waals surface area contributed by atoms with Gasteiger partial charge < -0.3 is 10.3 Å². The van der Waals surface area contributed by atoms with Crippen molar-refractivity contribution in [2.45, 2.75) is 18.5 Å². The number of fused-ring (bicyclic) bond motifs is 1. The highest BCUT2D eigenvalue weighted by Gasteiger charge is 2.36. The van der Waals surface area contributed by atoms with Crippen molar-refractivity contribution in [2.75, 3.05) is 13.1 Å². The van der Waals surface area contributed by atoms with Crippen LogP contribution in [0, 0.1) is 0 Å². The van der Waals surface area contributed by atoms with E-state index in [4.69, 9.17) is 0 Å². The van der Waals surface area contributed by atoms with Crippen LogP contribution in [0.1, 0.15) is 18.7 Å². The van der Waals surface area contributed by atoms with Gasteiger partial charge in [-0.05, 0) is 31.3 Å². The number of alkyl halides is 1. The van der Waals surface area contributed by atoms with Crippen LogP contribution < -0.4 is 10.9 Å². The third kappa shape index (κ3) is 2.30. The zero-order valence-corrected chi connectivity index (χ0v) is 11.8. The van der Waals surface area contributed by atoms with E-state index in [1.807, 2.05) is 0 Å². The van der Waals surface area contributed by atoms with Gasteiger partial charge in [0.1, 0.15) is 5.82 Å². The molecule has 19 heavy (non-hydrogen) atoms. The predicted octanol–water partition coefficient (Wildman–Crippen LogP) is 2.23. The maximum atomic E-state index is 14.8. The zero-order valence-electron chi connectivity index (χ0n) is 10.2. The summed E-state index contributed by atoms with van der Waals surface area (Å²) in [4.78, 5) is 18.9. The molecule has 0 spiro atoms. The van der Waals surface area contributed by atoms with Crippen molar-refractivity contribution in [3.05, 3.63) is 38.9 Å². The van der Waals surface area contributed by atoms with Crippen LogP contribution in [-0.2, 0) is 5.67 Å². The van der Waals surface area contributed by atoms with Crippen molar-refractivity contribution in [3.8, 4) is 0 Å². The minimum Gasteiger partial charge on any atom is -0.316 e.